The second-order valence-electron chi connectivity index (χ2n) is 13.4. The van der Waals surface area contributed by atoms with E-state index in [4.69, 9.17) is 14.4 Å². The predicted octanol–water partition coefficient (Wildman–Crippen LogP) is 11.5. The Hall–Kier alpha value is -4.90. The van der Waals surface area contributed by atoms with E-state index < -0.39 is 0 Å². The van der Waals surface area contributed by atoms with Crippen molar-refractivity contribution in [3.05, 3.63) is 143 Å². The molecule has 0 atom stereocenters. The van der Waals surface area contributed by atoms with Gasteiger partial charge in [0.1, 0.15) is 5.58 Å². The summed E-state index contributed by atoms with van der Waals surface area (Å²) in [6.45, 7) is 15.1. The molecule has 0 fully saturated rings. The number of hydrogen-bond donors (Lipinski definition) is 0. The minimum Gasteiger partial charge on any atom is -0.501 e. The summed E-state index contributed by atoms with van der Waals surface area (Å²) in [5, 5.41) is 2.16. The molecule has 50 heavy (non-hydrogen) atoms. The van der Waals surface area contributed by atoms with Crippen LogP contribution in [0.2, 0.25) is 0 Å². The Labute approximate surface area is 307 Å². The van der Waals surface area contributed by atoms with Crippen molar-refractivity contribution in [2.75, 3.05) is 0 Å². The first-order valence-corrected chi connectivity index (χ1v) is 16.9. The normalized spacial score (nSPS) is 11.3. The topological polar surface area (TPSA) is 56.7 Å². The second kappa shape index (κ2) is 14.5. The van der Waals surface area contributed by atoms with Crippen LogP contribution in [0, 0.1) is 32.9 Å². The molecular weight excluding hydrogens is 793 g/mol. The zero-order valence-electron chi connectivity index (χ0n) is 29.5. The largest absolute Gasteiger partial charge is 0.501 e. The van der Waals surface area contributed by atoms with E-state index in [1.807, 2.05) is 62.5 Å². The molecule has 0 saturated carbocycles. The molecule has 1 radical (unpaired) electrons. The van der Waals surface area contributed by atoms with Gasteiger partial charge < -0.3 is 14.0 Å². The first kappa shape index (κ1) is 34.9. The number of benzene rings is 4. The number of aryl methyl sites for hydroxylation is 3. The Kier molecular flexibility index (Phi) is 10.2. The van der Waals surface area contributed by atoms with Crippen molar-refractivity contribution < 1.29 is 24.5 Å². The van der Waals surface area contributed by atoms with Gasteiger partial charge in [-0.3, -0.25) is 4.98 Å². The second-order valence-corrected chi connectivity index (χ2v) is 13.4. The van der Waals surface area contributed by atoms with Crippen LogP contribution in [0.5, 0.6) is 0 Å². The maximum absolute atomic E-state index is 6.40. The van der Waals surface area contributed by atoms with Crippen LogP contribution in [0.15, 0.2) is 108 Å². The molecule has 6 heteroatoms. The maximum atomic E-state index is 6.40. The van der Waals surface area contributed by atoms with E-state index in [0.29, 0.717) is 11.8 Å². The van der Waals surface area contributed by atoms with E-state index in [2.05, 4.69) is 111 Å². The Bertz CT molecular complexity index is 2350. The molecule has 4 heterocycles. The van der Waals surface area contributed by atoms with Gasteiger partial charge >= 0.3 is 0 Å². The van der Waals surface area contributed by atoms with Crippen LogP contribution >= 0.6 is 0 Å². The minimum atomic E-state index is 0. The van der Waals surface area contributed by atoms with E-state index >= 15 is 0 Å². The number of hydrogen-bond acceptors (Lipinski definition) is 4. The standard InChI is InChI=1S/C31H28N3O.C13H12N.Ir/c1-18(2)21-11-8-12-22(19(3)4)28(21)34-26-17-16-20(5)32-30(26)33-31(34)25-14-9-13-24-23-10-6-7-15-27(23)35-29(24)25;1-10-3-6-12(7-4-10)13-8-5-11(2)9-14-13;/h6-13,15-19H,1-5H3;3-6,8-9H,1-2H3;/q2*-1;. The van der Waals surface area contributed by atoms with Crippen LogP contribution in [0.25, 0.3) is 61.4 Å². The van der Waals surface area contributed by atoms with Crippen LogP contribution in [-0.4, -0.2) is 19.5 Å². The summed E-state index contributed by atoms with van der Waals surface area (Å²) in [6, 6.07) is 39.9. The third-order valence-corrected chi connectivity index (χ3v) is 8.94. The summed E-state index contributed by atoms with van der Waals surface area (Å²) >= 11 is 0. The Morgan fingerprint density at radius 1 is 0.700 bits per heavy atom. The van der Waals surface area contributed by atoms with Gasteiger partial charge in [-0.25, -0.2) is 4.98 Å². The molecule has 4 aromatic carbocycles. The summed E-state index contributed by atoms with van der Waals surface area (Å²) < 4.78 is 8.68. The number of nitrogens with zero attached hydrogens (tertiary/aromatic N) is 4. The van der Waals surface area contributed by atoms with Crippen molar-refractivity contribution in [1.29, 1.82) is 0 Å². The molecule has 8 aromatic rings. The average molecular weight is 833 g/mol. The average Bonchev–Trinajstić information content (AvgIpc) is 3.67. The van der Waals surface area contributed by atoms with Gasteiger partial charge in [-0.05, 0) is 66.3 Å². The molecule has 0 unspecified atom stereocenters. The van der Waals surface area contributed by atoms with Crippen LogP contribution < -0.4 is 0 Å². The number of aromatic nitrogens is 4. The van der Waals surface area contributed by atoms with Gasteiger partial charge in [0, 0.05) is 43.1 Å². The predicted molar refractivity (Wildman–Crippen MR) is 201 cm³/mol. The molecule has 5 nitrogen and oxygen atoms in total. The van der Waals surface area contributed by atoms with E-state index in [1.54, 1.807) is 0 Å². The molecule has 4 aromatic heterocycles. The number of fused-ring (bicyclic) bond motifs is 4. The first-order chi connectivity index (χ1) is 23.7. The van der Waals surface area contributed by atoms with E-state index in [1.165, 1.54) is 27.9 Å². The quantitative estimate of drug-likeness (QED) is 0.162. The molecule has 0 aliphatic heterocycles. The molecule has 253 valence electrons. The summed E-state index contributed by atoms with van der Waals surface area (Å²) in [7, 11) is 0. The van der Waals surface area contributed by atoms with E-state index in [9.17, 15) is 0 Å². The fourth-order valence-electron chi connectivity index (χ4n) is 6.37. The molecule has 0 spiro atoms. The Morgan fingerprint density at radius 2 is 1.44 bits per heavy atom. The summed E-state index contributed by atoms with van der Waals surface area (Å²) in [6.07, 6.45) is 1.88. The number of para-hydroxylation sites is 2. The zero-order valence-corrected chi connectivity index (χ0v) is 31.9. The fraction of sp³-hybridized carbons (Fsp3) is 0.205. The van der Waals surface area contributed by atoms with Crippen molar-refractivity contribution in [2.24, 2.45) is 0 Å². The fourth-order valence-corrected chi connectivity index (χ4v) is 6.37. The number of rotatable bonds is 5. The van der Waals surface area contributed by atoms with Crippen LogP contribution in [0.4, 0.5) is 0 Å². The van der Waals surface area contributed by atoms with Crippen molar-refractivity contribution >= 4 is 33.1 Å². The molecule has 0 aliphatic carbocycles. The van der Waals surface area contributed by atoms with Gasteiger partial charge in [-0.2, -0.15) is 0 Å². The van der Waals surface area contributed by atoms with Crippen LogP contribution in [0.1, 0.15) is 67.5 Å². The van der Waals surface area contributed by atoms with Gasteiger partial charge in [0.25, 0.3) is 0 Å². The SMILES string of the molecule is Cc1c[c-]c(-c2ccc(C)cn2)cc1.Cc1ccc2c(n1)nc(-c1[c-]ccc3c1oc1ccccc13)n2-c1c(C(C)C)cccc1C(C)C.[Ir]. The van der Waals surface area contributed by atoms with E-state index in [0.717, 1.165) is 61.4 Å². The third-order valence-electron chi connectivity index (χ3n) is 8.94. The maximum Gasteiger partial charge on any atom is 0.168 e. The molecule has 0 aliphatic rings. The molecule has 0 saturated heterocycles. The number of furan rings is 1. The van der Waals surface area contributed by atoms with Crippen LogP contribution in [0.3, 0.4) is 0 Å². The van der Waals surface area contributed by atoms with Crippen molar-refractivity contribution in [2.45, 2.75) is 60.3 Å². The van der Waals surface area contributed by atoms with Gasteiger partial charge in [-0.1, -0.05) is 94.1 Å². The van der Waals surface area contributed by atoms with Gasteiger partial charge in [-0.15, -0.1) is 53.6 Å². The number of pyridine rings is 2. The third kappa shape index (κ3) is 6.66. The molecule has 0 N–H and O–H groups in total. The van der Waals surface area contributed by atoms with Crippen LogP contribution in [-0.2, 0) is 20.1 Å². The molecule has 8 rings (SSSR count). The first-order valence-electron chi connectivity index (χ1n) is 16.9. The van der Waals surface area contributed by atoms with Crippen molar-refractivity contribution in [1.82, 2.24) is 19.5 Å². The van der Waals surface area contributed by atoms with Gasteiger partial charge in [0.15, 0.2) is 5.65 Å². The van der Waals surface area contributed by atoms with Crippen molar-refractivity contribution in [3.8, 4) is 28.3 Å². The monoisotopic (exact) mass is 833 g/mol. The Morgan fingerprint density at radius 3 is 2.12 bits per heavy atom. The smallest absolute Gasteiger partial charge is 0.168 e. The van der Waals surface area contributed by atoms with Crippen molar-refractivity contribution in [3.63, 3.8) is 0 Å². The molecular formula is C44H40IrN4O-2. The number of imidazole rings is 1. The molecule has 0 amide bonds. The molecule has 0 bridgehead atoms. The Balaban J connectivity index is 0.000000242. The van der Waals surface area contributed by atoms with Gasteiger partial charge in [0.2, 0.25) is 0 Å². The summed E-state index contributed by atoms with van der Waals surface area (Å²) in [5.41, 5.74) is 13.4. The minimum absolute atomic E-state index is 0. The van der Waals surface area contributed by atoms with E-state index in [-0.39, 0.29) is 20.1 Å². The van der Waals surface area contributed by atoms with Gasteiger partial charge in [0.05, 0.1) is 16.9 Å². The summed E-state index contributed by atoms with van der Waals surface area (Å²) in [4.78, 5) is 14.3. The zero-order chi connectivity index (χ0) is 34.2. The summed E-state index contributed by atoms with van der Waals surface area (Å²) in [5.74, 6) is 1.49.